The number of benzene rings is 1. The number of amides is 2. The van der Waals surface area contributed by atoms with E-state index < -0.39 is 17.4 Å². The molecule has 0 saturated carbocycles. The minimum atomic E-state index is -1.04. The predicted molar refractivity (Wildman–Crippen MR) is 87.6 cm³/mol. The van der Waals surface area contributed by atoms with Gasteiger partial charge in [0.25, 0.3) is 0 Å². The molecule has 1 aromatic rings. The number of aryl methyl sites for hydroxylation is 1. The molecule has 2 unspecified atom stereocenters. The predicted octanol–water partition coefficient (Wildman–Crippen LogP) is 2.16. The highest BCUT2D eigenvalue weighted by Gasteiger charge is 2.28. The van der Waals surface area contributed by atoms with Crippen molar-refractivity contribution in [3.63, 3.8) is 0 Å². The third kappa shape index (κ3) is 4.56. The Morgan fingerprint density at radius 1 is 1.27 bits per heavy atom. The van der Waals surface area contributed by atoms with E-state index in [0.717, 1.165) is 17.5 Å². The van der Waals surface area contributed by atoms with E-state index >= 15 is 0 Å². The van der Waals surface area contributed by atoms with E-state index in [4.69, 9.17) is 0 Å². The number of carbonyl (C=O) groups is 2. The van der Waals surface area contributed by atoms with Crippen LogP contribution in [0.2, 0.25) is 0 Å². The summed E-state index contributed by atoms with van der Waals surface area (Å²) in [6, 6.07) is 5.51. The summed E-state index contributed by atoms with van der Waals surface area (Å²) in [7, 11) is 0. The minimum absolute atomic E-state index is 0.0230. The lowest BCUT2D eigenvalue weighted by molar-refractivity contribution is -0.137. The molecule has 0 spiro atoms. The first-order valence-corrected chi connectivity index (χ1v) is 7.56. The summed E-state index contributed by atoms with van der Waals surface area (Å²) in [5, 5.41) is 15.3. The Balaban J connectivity index is 2.63. The first-order chi connectivity index (χ1) is 10.2. The van der Waals surface area contributed by atoms with E-state index in [0.29, 0.717) is 5.69 Å². The first kappa shape index (κ1) is 18.2. The number of carbonyl (C=O) groups excluding carboxylic acids is 2. The van der Waals surface area contributed by atoms with Gasteiger partial charge >= 0.3 is 11.8 Å². The van der Waals surface area contributed by atoms with E-state index in [-0.39, 0.29) is 12.5 Å². The molecule has 1 rings (SSSR count). The molecule has 0 aromatic heterocycles. The molecular weight excluding hydrogens is 280 g/mol. The molecule has 0 fully saturated rings. The Bertz CT molecular complexity index is 553. The molecule has 2 amide bonds. The summed E-state index contributed by atoms with van der Waals surface area (Å²) < 4.78 is 0. The Hall–Kier alpha value is -1.88. The number of rotatable bonds is 5. The van der Waals surface area contributed by atoms with Gasteiger partial charge in [-0.05, 0) is 43.9 Å². The van der Waals surface area contributed by atoms with Crippen LogP contribution in [-0.2, 0) is 9.59 Å². The van der Waals surface area contributed by atoms with Crippen molar-refractivity contribution in [2.24, 2.45) is 5.92 Å². The Labute approximate surface area is 132 Å². The zero-order chi connectivity index (χ0) is 16.9. The third-order valence-electron chi connectivity index (χ3n) is 4.34. The maximum absolute atomic E-state index is 11.9. The van der Waals surface area contributed by atoms with Gasteiger partial charge in [-0.15, -0.1) is 0 Å². The van der Waals surface area contributed by atoms with Crippen LogP contribution in [0.5, 0.6) is 0 Å². The number of anilines is 1. The molecule has 0 radical (unpaired) electrons. The standard InChI is InChI=1S/C17H26N2O3/c1-6-12(3)17(5,22)10-18-15(20)16(21)19-14-9-7-8-11(2)13(14)4/h7-9,12,22H,6,10H2,1-5H3,(H,18,20)(H,19,21). The molecular formula is C17H26N2O3. The van der Waals surface area contributed by atoms with Crippen LogP contribution in [0.25, 0.3) is 0 Å². The molecule has 0 aliphatic rings. The molecule has 0 aliphatic heterocycles. The number of hydrogen-bond donors (Lipinski definition) is 3. The van der Waals surface area contributed by atoms with Crippen molar-refractivity contribution >= 4 is 17.5 Å². The van der Waals surface area contributed by atoms with Crippen LogP contribution < -0.4 is 10.6 Å². The summed E-state index contributed by atoms with van der Waals surface area (Å²) in [6.45, 7) is 9.40. The van der Waals surface area contributed by atoms with Crippen molar-refractivity contribution in [1.29, 1.82) is 0 Å². The fourth-order valence-electron chi connectivity index (χ4n) is 2.02. The van der Waals surface area contributed by atoms with E-state index in [1.165, 1.54) is 0 Å². The molecule has 0 bridgehead atoms. The number of hydrogen-bond acceptors (Lipinski definition) is 3. The molecule has 22 heavy (non-hydrogen) atoms. The van der Waals surface area contributed by atoms with Crippen molar-refractivity contribution in [3.05, 3.63) is 29.3 Å². The maximum atomic E-state index is 11.9. The van der Waals surface area contributed by atoms with Crippen LogP contribution in [-0.4, -0.2) is 29.1 Å². The van der Waals surface area contributed by atoms with Gasteiger partial charge in [0, 0.05) is 12.2 Å². The summed E-state index contributed by atoms with van der Waals surface area (Å²) in [4.78, 5) is 23.8. The fourth-order valence-corrected chi connectivity index (χ4v) is 2.02. The molecule has 3 N–H and O–H groups in total. The van der Waals surface area contributed by atoms with Gasteiger partial charge in [0.15, 0.2) is 0 Å². The van der Waals surface area contributed by atoms with E-state index in [9.17, 15) is 14.7 Å². The number of nitrogens with one attached hydrogen (secondary N) is 2. The van der Waals surface area contributed by atoms with Crippen LogP contribution >= 0.6 is 0 Å². The monoisotopic (exact) mass is 306 g/mol. The Kier molecular flexibility index (Phi) is 6.11. The summed E-state index contributed by atoms with van der Waals surface area (Å²) in [6.07, 6.45) is 0.789. The van der Waals surface area contributed by atoms with Crippen molar-refractivity contribution in [1.82, 2.24) is 5.32 Å². The summed E-state index contributed by atoms with van der Waals surface area (Å²) in [5.74, 6) is -1.45. The summed E-state index contributed by atoms with van der Waals surface area (Å²) in [5.41, 5.74) is 1.55. The average Bonchev–Trinajstić information content (AvgIpc) is 2.48. The van der Waals surface area contributed by atoms with Crippen molar-refractivity contribution in [2.45, 2.75) is 46.6 Å². The first-order valence-electron chi connectivity index (χ1n) is 7.56. The van der Waals surface area contributed by atoms with Crippen LogP contribution in [0.4, 0.5) is 5.69 Å². The van der Waals surface area contributed by atoms with Gasteiger partial charge in [-0.3, -0.25) is 9.59 Å². The SMILES string of the molecule is CCC(C)C(C)(O)CNC(=O)C(=O)Nc1cccc(C)c1C. The molecule has 0 aliphatic carbocycles. The molecule has 5 heteroatoms. The zero-order valence-corrected chi connectivity index (χ0v) is 14.0. The van der Waals surface area contributed by atoms with Gasteiger partial charge in [0.05, 0.1) is 5.60 Å². The third-order valence-corrected chi connectivity index (χ3v) is 4.34. The van der Waals surface area contributed by atoms with Crippen molar-refractivity contribution < 1.29 is 14.7 Å². The summed E-state index contributed by atoms with van der Waals surface area (Å²) >= 11 is 0. The second kappa shape index (κ2) is 7.40. The maximum Gasteiger partial charge on any atom is 0.313 e. The van der Waals surface area contributed by atoms with Crippen molar-refractivity contribution in [3.8, 4) is 0 Å². The smallest absolute Gasteiger partial charge is 0.313 e. The van der Waals surface area contributed by atoms with Gasteiger partial charge in [0.2, 0.25) is 0 Å². The lowest BCUT2D eigenvalue weighted by Gasteiger charge is -2.29. The topological polar surface area (TPSA) is 78.4 Å². The van der Waals surface area contributed by atoms with Crippen LogP contribution in [0.1, 0.15) is 38.3 Å². The minimum Gasteiger partial charge on any atom is -0.388 e. The lowest BCUT2D eigenvalue weighted by Crippen LogP contribution is -2.47. The van der Waals surface area contributed by atoms with Crippen LogP contribution in [0.15, 0.2) is 18.2 Å². The Morgan fingerprint density at radius 3 is 2.50 bits per heavy atom. The zero-order valence-electron chi connectivity index (χ0n) is 14.0. The van der Waals surface area contributed by atoms with Crippen LogP contribution in [0, 0.1) is 19.8 Å². The Morgan fingerprint density at radius 2 is 1.91 bits per heavy atom. The second-order valence-corrected chi connectivity index (χ2v) is 6.05. The normalized spacial score (nSPS) is 14.8. The lowest BCUT2D eigenvalue weighted by atomic mass is 9.89. The average molecular weight is 306 g/mol. The van der Waals surface area contributed by atoms with E-state index in [1.807, 2.05) is 39.8 Å². The molecule has 2 atom stereocenters. The number of aliphatic hydroxyl groups is 1. The quantitative estimate of drug-likeness (QED) is 0.729. The highest BCUT2D eigenvalue weighted by Crippen LogP contribution is 2.19. The van der Waals surface area contributed by atoms with E-state index in [2.05, 4.69) is 10.6 Å². The molecule has 0 heterocycles. The largest absolute Gasteiger partial charge is 0.388 e. The van der Waals surface area contributed by atoms with Crippen molar-refractivity contribution in [2.75, 3.05) is 11.9 Å². The van der Waals surface area contributed by atoms with E-state index in [1.54, 1.807) is 13.0 Å². The molecule has 122 valence electrons. The molecule has 0 saturated heterocycles. The van der Waals surface area contributed by atoms with Gasteiger partial charge < -0.3 is 15.7 Å². The second-order valence-electron chi connectivity index (χ2n) is 6.05. The van der Waals surface area contributed by atoms with Gasteiger partial charge in [-0.25, -0.2) is 0 Å². The van der Waals surface area contributed by atoms with Crippen LogP contribution in [0.3, 0.4) is 0 Å². The highest BCUT2D eigenvalue weighted by atomic mass is 16.3. The molecule has 1 aromatic carbocycles. The highest BCUT2D eigenvalue weighted by molar-refractivity contribution is 6.39. The molecule has 5 nitrogen and oxygen atoms in total. The fraction of sp³-hybridized carbons (Fsp3) is 0.529. The van der Waals surface area contributed by atoms with Gasteiger partial charge in [0.1, 0.15) is 0 Å². The van der Waals surface area contributed by atoms with Gasteiger partial charge in [-0.1, -0.05) is 32.4 Å². The van der Waals surface area contributed by atoms with Gasteiger partial charge in [-0.2, -0.15) is 0 Å².